The molecule has 1 saturated carbocycles. The molecule has 156 valence electrons. The number of allylic oxidation sites excluding steroid dienone is 1. The summed E-state index contributed by atoms with van der Waals surface area (Å²) in [6.45, 7) is 0. The highest BCUT2D eigenvalue weighted by atomic mass is 35.5. The summed E-state index contributed by atoms with van der Waals surface area (Å²) in [4.78, 5) is 20.6. The number of aliphatic imine (C=N–C) groups is 1. The molecule has 3 N–H and O–H groups in total. The topological polar surface area (TPSA) is 107 Å². The van der Waals surface area contributed by atoms with Crippen molar-refractivity contribution in [1.29, 1.82) is 0 Å². The lowest BCUT2D eigenvalue weighted by Gasteiger charge is -2.12. The van der Waals surface area contributed by atoms with Gasteiger partial charge < -0.3 is 15.8 Å². The number of amides is 1. The Hall–Kier alpha value is -3.83. The van der Waals surface area contributed by atoms with Gasteiger partial charge in [-0.3, -0.25) is 9.79 Å². The number of rotatable bonds is 5. The first-order valence-corrected chi connectivity index (χ1v) is 9.94. The third-order valence-electron chi connectivity index (χ3n) is 4.48. The van der Waals surface area contributed by atoms with Crippen LogP contribution >= 0.6 is 11.6 Å². The number of hydrogen-bond donors (Lipinski definition) is 2. The van der Waals surface area contributed by atoms with Gasteiger partial charge in [0, 0.05) is 31.0 Å². The van der Waals surface area contributed by atoms with Crippen LogP contribution in [0.25, 0.3) is 11.1 Å². The Balaban J connectivity index is 1.65. The number of aromatic nitrogens is 3. The van der Waals surface area contributed by atoms with E-state index >= 15 is 0 Å². The average Bonchev–Trinajstić information content (AvgIpc) is 3.48. The van der Waals surface area contributed by atoms with E-state index in [1.165, 1.54) is 6.20 Å². The van der Waals surface area contributed by atoms with Crippen LogP contribution in [0, 0.1) is 17.8 Å². The van der Waals surface area contributed by atoms with E-state index < -0.39 is 5.91 Å². The van der Waals surface area contributed by atoms with E-state index in [2.05, 4.69) is 32.2 Å². The molecular formula is C22H19ClN6O2. The Morgan fingerprint density at radius 3 is 3.00 bits per heavy atom. The molecule has 0 bridgehead atoms. The smallest absolute Gasteiger partial charge is 0.300 e. The molecule has 3 aromatic rings. The Labute approximate surface area is 183 Å². The van der Waals surface area contributed by atoms with Gasteiger partial charge in [-0.05, 0) is 37.0 Å². The second-order valence-electron chi connectivity index (χ2n) is 6.82. The maximum Gasteiger partial charge on any atom is 0.300 e. The number of nitrogens with zero attached hydrogens (tertiary/aromatic N) is 4. The van der Waals surface area contributed by atoms with Crippen molar-refractivity contribution in [1.82, 2.24) is 14.6 Å². The first-order chi connectivity index (χ1) is 15.1. The van der Waals surface area contributed by atoms with Crippen LogP contribution in [0.4, 0.5) is 5.69 Å². The van der Waals surface area contributed by atoms with Crippen molar-refractivity contribution >= 4 is 40.5 Å². The van der Waals surface area contributed by atoms with Crippen LogP contribution in [-0.4, -0.2) is 33.8 Å². The third-order valence-corrected chi connectivity index (χ3v) is 4.87. The Bertz CT molecular complexity index is 1260. The van der Waals surface area contributed by atoms with E-state index in [1.807, 2.05) is 0 Å². The van der Waals surface area contributed by atoms with Gasteiger partial charge in [0.15, 0.2) is 0 Å². The predicted molar refractivity (Wildman–Crippen MR) is 120 cm³/mol. The standard InChI is InChI=1S/C22H19ClN6O2/c1-25-12-15(11-24)17-13-29-18(9-10-26-29)22(28-17)31-19-4-2-3-16(21(19)23)27-20(30)8-7-14-5-6-14/h2-4,9-14H,5-6,24H2,1H3,(H,27,30). The van der Waals surface area contributed by atoms with Gasteiger partial charge in [0.25, 0.3) is 5.91 Å². The number of halogens is 1. The van der Waals surface area contributed by atoms with Crippen LogP contribution in [0.15, 0.2) is 47.9 Å². The van der Waals surface area contributed by atoms with Crippen molar-refractivity contribution in [3.05, 3.63) is 53.6 Å². The van der Waals surface area contributed by atoms with Gasteiger partial charge >= 0.3 is 0 Å². The highest BCUT2D eigenvalue weighted by molar-refractivity contribution is 6.35. The summed E-state index contributed by atoms with van der Waals surface area (Å²) in [6.07, 6.45) is 8.44. The normalized spacial score (nSPS) is 13.8. The van der Waals surface area contributed by atoms with E-state index in [0.29, 0.717) is 34.1 Å². The number of nitrogens with two attached hydrogens (primary N) is 1. The second-order valence-corrected chi connectivity index (χ2v) is 7.20. The summed E-state index contributed by atoms with van der Waals surface area (Å²) in [5, 5.41) is 7.19. The molecule has 8 nitrogen and oxygen atoms in total. The van der Waals surface area contributed by atoms with Crippen molar-refractivity contribution in [2.45, 2.75) is 12.8 Å². The molecule has 0 unspecified atom stereocenters. The molecule has 2 heterocycles. The fourth-order valence-electron chi connectivity index (χ4n) is 2.78. The van der Waals surface area contributed by atoms with E-state index in [4.69, 9.17) is 22.1 Å². The zero-order valence-electron chi connectivity index (χ0n) is 16.7. The number of ether oxygens (including phenoxy) is 1. The van der Waals surface area contributed by atoms with E-state index in [1.54, 1.807) is 54.4 Å². The van der Waals surface area contributed by atoms with Gasteiger partial charge in [0.2, 0.25) is 5.88 Å². The van der Waals surface area contributed by atoms with Crippen molar-refractivity contribution < 1.29 is 9.53 Å². The summed E-state index contributed by atoms with van der Waals surface area (Å²) >= 11 is 6.49. The van der Waals surface area contributed by atoms with Crippen LogP contribution < -0.4 is 15.8 Å². The minimum absolute atomic E-state index is 0.235. The van der Waals surface area contributed by atoms with Gasteiger partial charge in [-0.15, -0.1) is 0 Å². The third kappa shape index (κ3) is 4.68. The van der Waals surface area contributed by atoms with Gasteiger partial charge in [0.05, 0.1) is 23.8 Å². The van der Waals surface area contributed by atoms with Crippen LogP contribution in [-0.2, 0) is 4.79 Å². The fraction of sp³-hybridized carbons (Fsp3) is 0.182. The molecule has 9 heteroatoms. The molecule has 1 fully saturated rings. The highest BCUT2D eigenvalue weighted by Crippen LogP contribution is 2.36. The second kappa shape index (κ2) is 8.90. The molecule has 1 aromatic carbocycles. The highest BCUT2D eigenvalue weighted by Gasteiger charge is 2.19. The number of anilines is 1. The lowest BCUT2D eigenvalue weighted by atomic mass is 10.2. The minimum atomic E-state index is -0.416. The molecule has 0 saturated heterocycles. The van der Waals surface area contributed by atoms with Crippen LogP contribution in [0.5, 0.6) is 11.6 Å². The van der Waals surface area contributed by atoms with Crippen molar-refractivity contribution in [3.63, 3.8) is 0 Å². The van der Waals surface area contributed by atoms with Crippen LogP contribution in [0.1, 0.15) is 18.5 Å². The molecule has 2 aromatic heterocycles. The lowest BCUT2D eigenvalue weighted by molar-refractivity contribution is -0.111. The van der Waals surface area contributed by atoms with Gasteiger partial charge in [0.1, 0.15) is 16.3 Å². The fourth-order valence-corrected chi connectivity index (χ4v) is 3.00. The molecule has 0 radical (unpaired) electrons. The maximum absolute atomic E-state index is 12.1. The summed E-state index contributed by atoms with van der Waals surface area (Å²) in [5.41, 5.74) is 7.87. The molecule has 0 spiro atoms. The molecule has 4 rings (SSSR count). The summed E-state index contributed by atoms with van der Waals surface area (Å²) in [6, 6.07) is 6.84. The molecule has 31 heavy (non-hydrogen) atoms. The molecule has 0 atom stereocenters. The van der Waals surface area contributed by atoms with Crippen molar-refractivity contribution in [2.75, 3.05) is 12.4 Å². The summed E-state index contributed by atoms with van der Waals surface area (Å²) in [5.74, 6) is 6.03. The first kappa shape index (κ1) is 20.4. The number of fused-ring (bicyclic) bond motifs is 1. The Morgan fingerprint density at radius 2 is 2.26 bits per heavy atom. The Kier molecular flexibility index (Phi) is 5.87. The quantitative estimate of drug-likeness (QED) is 0.472. The monoisotopic (exact) mass is 434 g/mol. The Morgan fingerprint density at radius 1 is 1.42 bits per heavy atom. The maximum atomic E-state index is 12.1. The van der Waals surface area contributed by atoms with Crippen molar-refractivity contribution in [2.24, 2.45) is 16.6 Å². The number of carbonyl (C=O) groups is 1. The van der Waals surface area contributed by atoms with Gasteiger partial charge in [-0.2, -0.15) is 5.10 Å². The van der Waals surface area contributed by atoms with Crippen molar-refractivity contribution in [3.8, 4) is 23.5 Å². The largest absolute Gasteiger partial charge is 0.435 e. The average molecular weight is 435 g/mol. The molecular weight excluding hydrogens is 416 g/mol. The van der Waals surface area contributed by atoms with E-state index in [9.17, 15) is 4.79 Å². The minimum Gasteiger partial charge on any atom is -0.435 e. The summed E-state index contributed by atoms with van der Waals surface area (Å²) in [7, 11) is 1.64. The molecule has 1 amide bonds. The van der Waals surface area contributed by atoms with Crippen LogP contribution in [0.2, 0.25) is 5.02 Å². The van der Waals surface area contributed by atoms with E-state index in [0.717, 1.165) is 12.8 Å². The number of benzene rings is 1. The molecule has 1 aliphatic carbocycles. The zero-order chi connectivity index (χ0) is 21.8. The predicted octanol–water partition coefficient (Wildman–Crippen LogP) is 3.53. The number of nitrogens with one attached hydrogen (secondary N) is 1. The molecule has 1 aliphatic rings. The number of hydrogen-bond acceptors (Lipinski definition) is 6. The van der Waals surface area contributed by atoms with Gasteiger partial charge in [-0.25, -0.2) is 9.50 Å². The zero-order valence-corrected chi connectivity index (χ0v) is 17.4. The van der Waals surface area contributed by atoms with Gasteiger partial charge in [-0.1, -0.05) is 23.6 Å². The number of carbonyl (C=O) groups excluding carboxylic acids is 1. The molecule has 0 aliphatic heterocycles. The van der Waals surface area contributed by atoms with E-state index in [-0.39, 0.29) is 10.9 Å². The SMILES string of the molecule is CN=CC(=CN)c1cn2nccc2c(Oc2cccc(NC(=O)C#CC3CC3)c2Cl)n1. The van der Waals surface area contributed by atoms with Crippen LogP contribution in [0.3, 0.4) is 0 Å². The first-order valence-electron chi connectivity index (χ1n) is 9.56. The summed E-state index contributed by atoms with van der Waals surface area (Å²) < 4.78 is 7.64. The lowest BCUT2D eigenvalue weighted by Crippen LogP contribution is -2.09.